The number of hydrogen-bond acceptors (Lipinski definition) is 6. The van der Waals surface area contributed by atoms with Crippen LogP contribution in [-0.2, 0) is 0 Å². The summed E-state index contributed by atoms with van der Waals surface area (Å²) in [5.74, 6) is 0.842. The molecule has 0 aliphatic heterocycles. The smallest absolute Gasteiger partial charge is 0.250 e. The van der Waals surface area contributed by atoms with E-state index in [-0.39, 0.29) is 18.4 Å². The Labute approximate surface area is 177 Å². The van der Waals surface area contributed by atoms with Gasteiger partial charge in [0.25, 0.3) is 6.43 Å². The number of benzene rings is 1. The fourth-order valence-electron chi connectivity index (χ4n) is 3.92. The normalized spacial score (nSPS) is 19.5. The molecule has 2 N–H and O–H groups in total. The molecule has 5 nitrogen and oxygen atoms in total. The fourth-order valence-corrected chi connectivity index (χ4v) is 4.60. The Morgan fingerprint density at radius 3 is 2.63 bits per heavy atom. The Kier molecular flexibility index (Phi) is 6.48. The molecule has 30 heavy (non-hydrogen) atoms. The van der Waals surface area contributed by atoms with Crippen LogP contribution in [-0.4, -0.2) is 40.7 Å². The zero-order valence-corrected chi connectivity index (χ0v) is 17.5. The average molecular weight is 436 g/mol. The number of hydrogen-bond donors (Lipinski definition) is 2. The highest BCUT2D eigenvalue weighted by Crippen LogP contribution is 2.30. The van der Waals surface area contributed by atoms with E-state index in [1.807, 2.05) is 19.1 Å². The van der Waals surface area contributed by atoms with E-state index >= 15 is 0 Å². The summed E-state index contributed by atoms with van der Waals surface area (Å²) in [5, 5.41) is 17.2. The van der Waals surface area contributed by atoms with Gasteiger partial charge in [-0.25, -0.2) is 18.2 Å². The number of aryl methyl sites for hydroxylation is 1. The van der Waals surface area contributed by atoms with Gasteiger partial charge in [0.1, 0.15) is 21.7 Å². The van der Waals surface area contributed by atoms with Gasteiger partial charge in [-0.15, -0.1) is 10.2 Å². The van der Waals surface area contributed by atoms with Gasteiger partial charge in [-0.3, -0.25) is 0 Å². The van der Waals surface area contributed by atoms with Gasteiger partial charge in [0.2, 0.25) is 0 Å². The third-order valence-electron chi connectivity index (χ3n) is 5.54. The van der Waals surface area contributed by atoms with Crippen LogP contribution in [0.5, 0.6) is 0 Å². The van der Waals surface area contributed by atoms with E-state index in [1.54, 1.807) is 6.20 Å². The fraction of sp³-hybridized carbons (Fsp3) is 0.476. The van der Waals surface area contributed by atoms with Crippen LogP contribution < -0.4 is 10.6 Å². The zero-order valence-electron chi connectivity index (χ0n) is 16.7. The number of halogens is 3. The predicted molar refractivity (Wildman–Crippen MR) is 114 cm³/mol. The highest BCUT2D eigenvalue weighted by Gasteiger charge is 2.21. The quantitative estimate of drug-likeness (QED) is 0.545. The van der Waals surface area contributed by atoms with Crippen LogP contribution in [0.1, 0.15) is 30.7 Å². The van der Waals surface area contributed by atoms with Gasteiger partial charge in [-0.1, -0.05) is 11.3 Å². The molecule has 4 rings (SSSR count). The van der Waals surface area contributed by atoms with E-state index in [9.17, 15) is 13.2 Å². The number of fused-ring (bicyclic) bond motifs is 1. The molecule has 0 atom stereocenters. The Balaban J connectivity index is 1.39. The van der Waals surface area contributed by atoms with E-state index in [4.69, 9.17) is 0 Å². The van der Waals surface area contributed by atoms with Gasteiger partial charge in [0.15, 0.2) is 0 Å². The molecule has 1 fully saturated rings. The maximum Gasteiger partial charge on any atom is 0.250 e. The van der Waals surface area contributed by atoms with Crippen molar-refractivity contribution in [3.8, 4) is 10.6 Å². The highest BCUT2D eigenvalue weighted by molar-refractivity contribution is 7.14. The molecule has 0 saturated heterocycles. The van der Waals surface area contributed by atoms with Gasteiger partial charge in [0, 0.05) is 29.7 Å². The average Bonchev–Trinajstić information content (AvgIpc) is 3.17. The molecule has 2 heterocycles. The van der Waals surface area contributed by atoms with E-state index in [0.717, 1.165) is 42.6 Å². The monoisotopic (exact) mass is 435 g/mol. The van der Waals surface area contributed by atoms with E-state index in [0.29, 0.717) is 27.7 Å². The number of alkyl halides is 2. The van der Waals surface area contributed by atoms with E-state index in [2.05, 4.69) is 25.8 Å². The number of rotatable bonds is 7. The summed E-state index contributed by atoms with van der Waals surface area (Å²) >= 11 is 1.43. The third-order valence-corrected chi connectivity index (χ3v) is 6.43. The largest absolute Gasteiger partial charge is 0.370 e. The summed E-state index contributed by atoms with van der Waals surface area (Å²) in [6.45, 7) is 2.40. The third kappa shape index (κ3) is 5.07. The van der Waals surface area contributed by atoms with Gasteiger partial charge in [0.05, 0.1) is 6.54 Å². The second kappa shape index (κ2) is 9.26. The van der Waals surface area contributed by atoms with Gasteiger partial charge in [-0.05, 0) is 62.1 Å². The van der Waals surface area contributed by atoms with Crippen molar-refractivity contribution in [2.24, 2.45) is 5.92 Å². The molecule has 0 bridgehead atoms. The van der Waals surface area contributed by atoms with Crippen molar-refractivity contribution in [3.63, 3.8) is 0 Å². The summed E-state index contributed by atoms with van der Waals surface area (Å²) in [5.41, 5.74) is 0.706. The minimum atomic E-state index is -2.30. The molecule has 0 spiro atoms. The molecule has 1 saturated carbocycles. The Hall–Kier alpha value is -2.26. The molecule has 9 heteroatoms. The molecule has 160 valence electrons. The lowest BCUT2D eigenvalue weighted by atomic mass is 9.86. The second-order valence-electron chi connectivity index (χ2n) is 7.77. The van der Waals surface area contributed by atoms with Gasteiger partial charge >= 0.3 is 0 Å². The first-order chi connectivity index (χ1) is 14.5. The van der Waals surface area contributed by atoms with Crippen molar-refractivity contribution in [3.05, 3.63) is 35.2 Å². The van der Waals surface area contributed by atoms with E-state index < -0.39 is 6.43 Å². The van der Waals surface area contributed by atoms with Crippen molar-refractivity contribution >= 4 is 27.9 Å². The molecule has 1 aromatic carbocycles. The molecular weight excluding hydrogens is 411 g/mol. The summed E-state index contributed by atoms with van der Waals surface area (Å²) in [6.07, 6.45) is 3.02. The van der Waals surface area contributed by atoms with Gasteiger partial charge < -0.3 is 10.6 Å². The summed E-state index contributed by atoms with van der Waals surface area (Å²) in [6, 6.07) is 5.41. The lowest BCUT2D eigenvalue weighted by Crippen LogP contribution is -2.37. The van der Waals surface area contributed by atoms with Crippen molar-refractivity contribution < 1.29 is 13.2 Å². The van der Waals surface area contributed by atoms with Crippen LogP contribution in [0.3, 0.4) is 0 Å². The van der Waals surface area contributed by atoms with Crippen LogP contribution >= 0.6 is 11.3 Å². The van der Waals surface area contributed by atoms with Crippen LogP contribution in [0.2, 0.25) is 0 Å². The zero-order chi connectivity index (χ0) is 21.1. The highest BCUT2D eigenvalue weighted by atomic mass is 32.1. The number of nitrogens with zero attached hydrogens (tertiary/aromatic N) is 3. The number of anilines is 1. The lowest BCUT2D eigenvalue weighted by Gasteiger charge is -2.29. The minimum Gasteiger partial charge on any atom is -0.370 e. The first-order valence-corrected chi connectivity index (χ1v) is 10.9. The maximum absolute atomic E-state index is 14.5. The van der Waals surface area contributed by atoms with Gasteiger partial charge in [-0.2, -0.15) is 0 Å². The molecule has 0 unspecified atom stereocenters. The van der Waals surface area contributed by atoms with Crippen molar-refractivity contribution in [2.45, 2.75) is 45.1 Å². The standard InChI is InChI=1S/C21H24F3N5S/c1-12-28-29-21(30-12)15-6-14-8-20(27-10-17(14)18(22)7-15)26-9-13-2-4-16(5-3-13)25-11-19(23)24/h6-8,10,13,16,19,25H,2-5,9,11H2,1H3,(H,26,27). The second-order valence-corrected chi connectivity index (χ2v) is 8.95. The summed E-state index contributed by atoms with van der Waals surface area (Å²) < 4.78 is 39.2. The van der Waals surface area contributed by atoms with Crippen molar-refractivity contribution in [2.75, 3.05) is 18.4 Å². The molecular formula is C21H24F3N5S. The molecule has 3 aromatic rings. The first kappa shape index (κ1) is 21.0. The number of pyridine rings is 1. The van der Waals surface area contributed by atoms with E-state index in [1.165, 1.54) is 17.4 Å². The van der Waals surface area contributed by atoms with Crippen LogP contribution in [0.25, 0.3) is 21.3 Å². The molecule has 0 amide bonds. The molecule has 0 radical (unpaired) electrons. The van der Waals surface area contributed by atoms with Crippen molar-refractivity contribution in [1.29, 1.82) is 0 Å². The molecule has 1 aliphatic rings. The maximum atomic E-state index is 14.5. The Bertz CT molecular complexity index is 1000. The van der Waals surface area contributed by atoms with Crippen LogP contribution in [0.15, 0.2) is 24.4 Å². The predicted octanol–water partition coefficient (Wildman–Crippen LogP) is 5.03. The summed E-state index contributed by atoms with van der Waals surface area (Å²) in [4.78, 5) is 4.35. The molecule has 1 aliphatic carbocycles. The van der Waals surface area contributed by atoms with Crippen molar-refractivity contribution in [1.82, 2.24) is 20.5 Å². The van der Waals surface area contributed by atoms with Crippen LogP contribution in [0, 0.1) is 18.7 Å². The Morgan fingerprint density at radius 1 is 1.13 bits per heavy atom. The van der Waals surface area contributed by atoms with Crippen LogP contribution in [0.4, 0.5) is 19.0 Å². The first-order valence-electron chi connectivity index (χ1n) is 10.1. The summed E-state index contributed by atoms with van der Waals surface area (Å²) in [7, 11) is 0. The number of nitrogens with one attached hydrogen (secondary N) is 2. The molecule has 2 aromatic heterocycles. The topological polar surface area (TPSA) is 62.7 Å². The SMILES string of the molecule is Cc1nnc(-c2cc(F)c3cnc(NCC4CCC(NCC(F)F)CC4)cc3c2)s1. The Morgan fingerprint density at radius 2 is 1.93 bits per heavy atom. The minimum absolute atomic E-state index is 0.180. The lowest BCUT2D eigenvalue weighted by molar-refractivity contribution is 0.136. The number of aromatic nitrogens is 3.